The van der Waals surface area contributed by atoms with Crippen molar-refractivity contribution in [3.05, 3.63) is 0 Å². The fourth-order valence-corrected chi connectivity index (χ4v) is 2.05. The highest BCUT2D eigenvalue weighted by molar-refractivity contribution is 7.80. The van der Waals surface area contributed by atoms with Crippen LogP contribution < -0.4 is 5.73 Å². The van der Waals surface area contributed by atoms with Crippen molar-refractivity contribution in [1.29, 1.82) is 0 Å². The number of hydrogen-bond acceptors (Lipinski definition) is 3. The van der Waals surface area contributed by atoms with Gasteiger partial charge in [0.15, 0.2) is 0 Å². The zero-order valence-corrected chi connectivity index (χ0v) is 9.85. The number of thiocarbonyl (C=S) groups is 1. The molecule has 2 N–H and O–H groups in total. The molecule has 0 aromatic rings. The number of nitrogens with zero attached hydrogens (tertiary/aromatic N) is 1. The van der Waals surface area contributed by atoms with Gasteiger partial charge in [-0.3, -0.25) is 4.90 Å². The summed E-state index contributed by atoms with van der Waals surface area (Å²) in [6.45, 7) is 6.77. The molecule has 3 nitrogen and oxygen atoms in total. The van der Waals surface area contributed by atoms with Gasteiger partial charge in [0, 0.05) is 25.2 Å². The fourth-order valence-electron chi connectivity index (χ4n) is 1.90. The third-order valence-electron chi connectivity index (χ3n) is 2.61. The Bertz CT molecular complexity index is 191. The minimum Gasteiger partial charge on any atom is -0.392 e. The van der Waals surface area contributed by atoms with E-state index in [1.165, 1.54) is 6.42 Å². The van der Waals surface area contributed by atoms with E-state index in [1.54, 1.807) is 0 Å². The minimum absolute atomic E-state index is 0.475. The number of nitrogens with two attached hydrogens (primary N) is 1. The Morgan fingerprint density at radius 2 is 2.36 bits per heavy atom. The average molecular weight is 216 g/mol. The molecule has 1 fully saturated rings. The van der Waals surface area contributed by atoms with Crippen LogP contribution >= 0.6 is 12.2 Å². The highest BCUT2D eigenvalue weighted by Crippen LogP contribution is 2.15. The quantitative estimate of drug-likeness (QED) is 0.716. The standard InChI is InChI=1S/C10H20N2OS/c1-8(2)12(6-10(11)14)9-4-3-5-13-7-9/h8-9H,3-7H2,1-2H3,(H2,11,14). The largest absolute Gasteiger partial charge is 0.392 e. The van der Waals surface area contributed by atoms with Gasteiger partial charge in [-0.05, 0) is 26.7 Å². The first-order chi connectivity index (χ1) is 6.61. The van der Waals surface area contributed by atoms with Gasteiger partial charge in [0.2, 0.25) is 0 Å². The molecule has 1 aliphatic heterocycles. The predicted molar refractivity (Wildman–Crippen MR) is 62.5 cm³/mol. The van der Waals surface area contributed by atoms with E-state index in [0.29, 0.717) is 23.6 Å². The van der Waals surface area contributed by atoms with Gasteiger partial charge in [0.1, 0.15) is 0 Å². The van der Waals surface area contributed by atoms with E-state index in [0.717, 1.165) is 19.6 Å². The van der Waals surface area contributed by atoms with E-state index in [-0.39, 0.29) is 0 Å². The second-order valence-corrected chi connectivity index (χ2v) is 4.63. The number of hydrogen-bond donors (Lipinski definition) is 1. The predicted octanol–water partition coefficient (Wildman–Crippen LogP) is 1.16. The molecule has 0 aromatic heterocycles. The van der Waals surface area contributed by atoms with E-state index >= 15 is 0 Å². The van der Waals surface area contributed by atoms with Crippen molar-refractivity contribution >= 4 is 17.2 Å². The van der Waals surface area contributed by atoms with Crippen LogP contribution in [0.2, 0.25) is 0 Å². The lowest BCUT2D eigenvalue weighted by Crippen LogP contribution is -2.48. The van der Waals surface area contributed by atoms with Crippen molar-refractivity contribution in [2.45, 2.75) is 38.8 Å². The zero-order valence-electron chi connectivity index (χ0n) is 9.03. The molecule has 0 spiro atoms. The van der Waals surface area contributed by atoms with Crippen LogP contribution in [0.25, 0.3) is 0 Å². The molecule has 1 heterocycles. The topological polar surface area (TPSA) is 38.5 Å². The Labute approximate surface area is 91.6 Å². The van der Waals surface area contributed by atoms with Crippen molar-refractivity contribution in [2.24, 2.45) is 5.73 Å². The molecule has 4 heteroatoms. The fraction of sp³-hybridized carbons (Fsp3) is 0.900. The molecule has 0 amide bonds. The van der Waals surface area contributed by atoms with Crippen LogP contribution in [-0.4, -0.2) is 41.7 Å². The molecular formula is C10H20N2OS. The smallest absolute Gasteiger partial charge is 0.0870 e. The molecule has 1 saturated heterocycles. The minimum atomic E-state index is 0.475. The summed E-state index contributed by atoms with van der Waals surface area (Å²) in [4.78, 5) is 2.91. The van der Waals surface area contributed by atoms with Gasteiger partial charge in [-0.2, -0.15) is 0 Å². The van der Waals surface area contributed by atoms with Crippen molar-refractivity contribution in [2.75, 3.05) is 19.8 Å². The molecule has 0 aliphatic carbocycles. The van der Waals surface area contributed by atoms with Crippen molar-refractivity contribution < 1.29 is 4.74 Å². The Hall–Kier alpha value is -0.190. The summed E-state index contributed by atoms with van der Waals surface area (Å²) in [5, 5.41) is 0. The van der Waals surface area contributed by atoms with E-state index in [4.69, 9.17) is 22.7 Å². The SMILES string of the molecule is CC(C)N(CC(N)=S)C1CCCOC1. The first kappa shape index (κ1) is 11.9. The highest BCUT2D eigenvalue weighted by Gasteiger charge is 2.23. The molecule has 1 unspecified atom stereocenters. The van der Waals surface area contributed by atoms with Crippen LogP contribution in [0.5, 0.6) is 0 Å². The maximum atomic E-state index is 5.59. The summed E-state index contributed by atoms with van der Waals surface area (Å²) >= 11 is 4.96. The van der Waals surface area contributed by atoms with Gasteiger partial charge >= 0.3 is 0 Å². The third kappa shape index (κ3) is 3.52. The van der Waals surface area contributed by atoms with Gasteiger partial charge in [-0.15, -0.1) is 0 Å². The summed E-state index contributed by atoms with van der Waals surface area (Å²) in [6, 6.07) is 0.966. The first-order valence-corrected chi connectivity index (χ1v) is 5.64. The van der Waals surface area contributed by atoms with Crippen LogP contribution in [0.4, 0.5) is 0 Å². The second-order valence-electron chi connectivity index (χ2n) is 4.10. The Morgan fingerprint density at radius 3 is 2.79 bits per heavy atom. The van der Waals surface area contributed by atoms with E-state index in [1.807, 2.05) is 0 Å². The van der Waals surface area contributed by atoms with Gasteiger partial charge in [0.05, 0.1) is 11.6 Å². The van der Waals surface area contributed by atoms with Crippen LogP contribution in [-0.2, 0) is 4.74 Å². The summed E-state index contributed by atoms with van der Waals surface area (Å²) in [5.41, 5.74) is 5.59. The second kappa shape index (κ2) is 5.63. The zero-order chi connectivity index (χ0) is 10.6. The summed E-state index contributed by atoms with van der Waals surface area (Å²) < 4.78 is 5.47. The maximum Gasteiger partial charge on any atom is 0.0870 e. The molecule has 14 heavy (non-hydrogen) atoms. The van der Waals surface area contributed by atoms with Crippen molar-refractivity contribution in [3.8, 4) is 0 Å². The monoisotopic (exact) mass is 216 g/mol. The van der Waals surface area contributed by atoms with Crippen LogP contribution in [0.15, 0.2) is 0 Å². The molecule has 0 aromatic carbocycles. The molecule has 82 valence electrons. The third-order valence-corrected chi connectivity index (χ3v) is 2.74. The lowest BCUT2D eigenvalue weighted by molar-refractivity contribution is 0.0127. The Morgan fingerprint density at radius 1 is 1.64 bits per heavy atom. The molecule has 0 radical (unpaired) electrons. The van der Waals surface area contributed by atoms with Crippen LogP contribution in [0.3, 0.4) is 0 Å². The van der Waals surface area contributed by atoms with E-state index in [2.05, 4.69) is 18.7 Å². The van der Waals surface area contributed by atoms with E-state index < -0.39 is 0 Å². The molecule has 1 aliphatic rings. The first-order valence-electron chi connectivity index (χ1n) is 5.23. The summed E-state index contributed by atoms with van der Waals surface area (Å²) in [5.74, 6) is 0. The maximum absolute atomic E-state index is 5.59. The number of rotatable bonds is 4. The average Bonchev–Trinajstić information content (AvgIpc) is 2.15. The molecule has 0 bridgehead atoms. The van der Waals surface area contributed by atoms with Crippen LogP contribution in [0.1, 0.15) is 26.7 Å². The Kier molecular flexibility index (Phi) is 4.78. The lowest BCUT2D eigenvalue weighted by atomic mass is 10.1. The van der Waals surface area contributed by atoms with E-state index in [9.17, 15) is 0 Å². The lowest BCUT2D eigenvalue weighted by Gasteiger charge is -2.36. The van der Waals surface area contributed by atoms with Gasteiger partial charge < -0.3 is 10.5 Å². The normalized spacial score (nSPS) is 23.0. The molecule has 1 atom stereocenters. The molecular weight excluding hydrogens is 196 g/mol. The van der Waals surface area contributed by atoms with Crippen molar-refractivity contribution in [3.63, 3.8) is 0 Å². The Balaban J connectivity index is 2.51. The van der Waals surface area contributed by atoms with Crippen molar-refractivity contribution in [1.82, 2.24) is 4.90 Å². The highest BCUT2D eigenvalue weighted by atomic mass is 32.1. The number of ether oxygens (including phenoxy) is 1. The summed E-state index contributed by atoms with van der Waals surface area (Å²) in [6.07, 6.45) is 2.34. The van der Waals surface area contributed by atoms with Gasteiger partial charge in [0.25, 0.3) is 0 Å². The van der Waals surface area contributed by atoms with Gasteiger partial charge in [-0.1, -0.05) is 12.2 Å². The van der Waals surface area contributed by atoms with Crippen LogP contribution in [0, 0.1) is 0 Å². The molecule has 1 rings (SSSR count). The molecule has 0 saturated carbocycles. The van der Waals surface area contributed by atoms with Gasteiger partial charge in [-0.25, -0.2) is 0 Å². The summed E-state index contributed by atoms with van der Waals surface area (Å²) in [7, 11) is 0.